The second kappa shape index (κ2) is 20.4. The molecule has 1 heterocycles. The molecule has 3 rings (SSSR count). The average molecular weight is 714 g/mol. The molecule has 264 valence electrons. The fourth-order valence-corrected chi connectivity index (χ4v) is 5.14. The molecule has 0 bridgehead atoms. The van der Waals surface area contributed by atoms with Crippen LogP contribution < -0.4 is 16.0 Å². The minimum absolute atomic E-state index is 0. The molecular weight excluding hydrogens is 672 g/mol. The molecule has 0 aliphatic carbocycles. The topological polar surface area (TPSA) is 171 Å². The number of likely N-dealkylation sites (N-methyl/N-ethyl adjacent to an activating group) is 1. The minimum Gasteiger partial charge on any atom is -0.447 e. The largest absolute Gasteiger partial charge is 0.474 e. The number of aryl methyl sites for hydroxylation is 1. The van der Waals surface area contributed by atoms with Crippen molar-refractivity contribution in [3.05, 3.63) is 71.0 Å². The molecule has 3 aromatic rings. The molecule has 3 N–H and O–H groups in total. The Labute approximate surface area is 284 Å². The molecule has 1 atom stereocenters. The molecule has 48 heavy (non-hydrogen) atoms. The number of anilines is 1. The molecular formula is C31H42ClFN5O9P. The van der Waals surface area contributed by atoms with Crippen LogP contribution in [0.5, 0.6) is 0 Å². The molecule has 0 spiro atoms. The first-order valence-corrected chi connectivity index (χ1v) is 16.4. The number of carbonyl (C=O) groups excluding carboxylic acids is 3. The van der Waals surface area contributed by atoms with Crippen LogP contribution in [-0.2, 0) is 34.1 Å². The average Bonchev–Trinajstić information content (AvgIpc) is 3.55. The Hall–Kier alpha value is -4.01. The summed E-state index contributed by atoms with van der Waals surface area (Å²) in [6, 6.07) is 14.1. The van der Waals surface area contributed by atoms with Crippen LogP contribution >= 0.6 is 19.4 Å². The number of halogens is 2. The number of nitrogens with zero attached hydrogens (tertiary/aromatic N) is 2. The standard InChI is InChI=1S/C30H38ClFN5O9P.CH4/c1-37(27(38)15-14-22-11-7-13-24(32)28(22)31)23(12-8-16-33-29(39)34-17-18-45-47(41,42-2)43-3)20-44-30(40)35-26-19-25(36-46-26)21-9-5-4-6-10-21;/h4-7,9-11,13,19,23H,8,12,14-18,20H2,1-3H3,(H,35,40)(H2,33,34,39);1H4/t23-;/m0./s1. The van der Waals surface area contributed by atoms with Crippen molar-refractivity contribution < 1.29 is 46.2 Å². The molecule has 1 aromatic heterocycles. The third kappa shape index (κ3) is 12.9. The van der Waals surface area contributed by atoms with E-state index in [0.717, 1.165) is 5.56 Å². The Kier molecular flexibility index (Phi) is 17.1. The summed E-state index contributed by atoms with van der Waals surface area (Å²) in [7, 11) is 0.285. The Balaban J connectivity index is 0.00000800. The first kappa shape index (κ1) is 40.2. The van der Waals surface area contributed by atoms with Crippen molar-refractivity contribution in [3.63, 3.8) is 0 Å². The molecule has 2 aromatic carbocycles. The molecule has 0 aliphatic rings. The summed E-state index contributed by atoms with van der Waals surface area (Å²) < 4.78 is 50.6. The Morgan fingerprint density at radius 2 is 1.77 bits per heavy atom. The molecule has 0 saturated carbocycles. The van der Waals surface area contributed by atoms with Crippen LogP contribution in [0.4, 0.5) is 19.9 Å². The first-order chi connectivity index (χ1) is 22.5. The van der Waals surface area contributed by atoms with Gasteiger partial charge in [0.25, 0.3) is 0 Å². The van der Waals surface area contributed by atoms with Gasteiger partial charge in [0, 0.05) is 52.4 Å². The molecule has 14 nitrogen and oxygen atoms in total. The van der Waals surface area contributed by atoms with E-state index < -0.39 is 31.8 Å². The van der Waals surface area contributed by atoms with E-state index in [1.54, 1.807) is 19.2 Å². The third-order valence-corrected chi connectivity index (χ3v) is 8.69. The summed E-state index contributed by atoms with van der Waals surface area (Å²) in [5, 5.41) is 11.6. The van der Waals surface area contributed by atoms with Gasteiger partial charge in [-0.3, -0.25) is 23.7 Å². The van der Waals surface area contributed by atoms with Gasteiger partial charge in [0.1, 0.15) is 18.1 Å². The van der Waals surface area contributed by atoms with Crippen LogP contribution in [0, 0.1) is 5.82 Å². The lowest BCUT2D eigenvalue weighted by Gasteiger charge is -2.28. The van der Waals surface area contributed by atoms with Crippen LogP contribution in [0.15, 0.2) is 59.1 Å². The summed E-state index contributed by atoms with van der Waals surface area (Å²) in [5.74, 6) is -0.772. The van der Waals surface area contributed by atoms with Gasteiger partial charge < -0.3 is 24.8 Å². The van der Waals surface area contributed by atoms with Crippen LogP contribution in [0.25, 0.3) is 11.3 Å². The Bertz CT molecular complexity index is 1510. The second-order valence-electron chi connectivity index (χ2n) is 10.0. The third-order valence-electron chi connectivity index (χ3n) is 6.88. The molecule has 0 unspecified atom stereocenters. The molecule has 0 fully saturated rings. The number of hydrogen-bond acceptors (Lipinski definition) is 10. The van der Waals surface area contributed by atoms with Crippen molar-refractivity contribution in [2.24, 2.45) is 0 Å². The van der Waals surface area contributed by atoms with E-state index >= 15 is 0 Å². The molecule has 4 amide bonds. The van der Waals surface area contributed by atoms with Crippen LogP contribution in [0.3, 0.4) is 0 Å². The van der Waals surface area contributed by atoms with Crippen molar-refractivity contribution in [2.45, 2.75) is 39.2 Å². The van der Waals surface area contributed by atoms with Gasteiger partial charge in [-0.1, -0.05) is 66.6 Å². The second-order valence-corrected chi connectivity index (χ2v) is 12.3. The highest BCUT2D eigenvalue weighted by atomic mass is 35.5. The highest BCUT2D eigenvalue weighted by molar-refractivity contribution is 7.48. The maximum absolute atomic E-state index is 13.8. The minimum atomic E-state index is -3.64. The molecule has 0 aliphatic heterocycles. The van der Waals surface area contributed by atoms with Crippen LogP contribution in [0.1, 0.15) is 32.3 Å². The number of hydrogen-bond donors (Lipinski definition) is 3. The Morgan fingerprint density at radius 1 is 1.06 bits per heavy atom. The van der Waals surface area contributed by atoms with Crippen molar-refractivity contribution in [2.75, 3.05) is 52.9 Å². The highest BCUT2D eigenvalue weighted by Crippen LogP contribution is 2.47. The maximum Gasteiger partial charge on any atom is 0.474 e. The van der Waals surface area contributed by atoms with Gasteiger partial charge in [-0.05, 0) is 30.9 Å². The van der Waals surface area contributed by atoms with Gasteiger partial charge in [0.15, 0.2) is 0 Å². The lowest BCUT2D eigenvalue weighted by Crippen LogP contribution is -2.42. The zero-order chi connectivity index (χ0) is 34.2. The maximum atomic E-state index is 13.8. The lowest BCUT2D eigenvalue weighted by atomic mass is 10.1. The van der Waals surface area contributed by atoms with Crippen molar-refractivity contribution >= 4 is 43.3 Å². The summed E-state index contributed by atoms with van der Waals surface area (Å²) in [4.78, 5) is 39.3. The molecule has 17 heteroatoms. The summed E-state index contributed by atoms with van der Waals surface area (Å²) in [5.41, 5.74) is 1.82. The van der Waals surface area contributed by atoms with Gasteiger partial charge in [-0.15, -0.1) is 0 Å². The smallest absolute Gasteiger partial charge is 0.447 e. The lowest BCUT2D eigenvalue weighted by molar-refractivity contribution is -0.132. The number of urea groups is 1. The SMILES string of the molecule is C.COP(=O)(OC)OCCNC(=O)NCCC[C@@H](COC(=O)Nc1cc(-c2ccccc2)no1)N(C)C(=O)CCc1cccc(F)c1Cl. The van der Waals surface area contributed by atoms with Crippen molar-refractivity contribution in [1.29, 1.82) is 0 Å². The number of nitrogens with one attached hydrogen (secondary N) is 3. The van der Waals surface area contributed by atoms with E-state index in [9.17, 15) is 23.3 Å². The van der Waals surface area contributed by atoms with E-state index in [1.165, 1.54) is 31.3 Å². The number of aromatic nitrogens is 1. The zero-order valence-corrected chi connectivity index (χ0v) is 27.9. The van der Waals surface area contributed by atoms with Crippen molar-refractivity contribution in [1.82, 2.24) is 20.7 Å². The monoisotopic (exact) mass is 713 g/mol. The van der Waals surface area contributed by atoms with Crippen molar-refractivity contribution in [3.8, 4) is 11.3 Å². The van der Waals surface area contributed by atoms with E-state index in [4.69, 9.17) is 25.4 Å². The van der Waals surface area contributed by atoms with E-state index in [-0.39, 0.29) is 63.4 Å². The van der Waals surface area contributed by atoms with Gasteiger partial charge in [-0.25, -0.2) is 18.5 Å². The molecule has 0 saturated heterocycles. The van der Waals surface area contributed by atoms with Gasteiger partial charge in [0.05, 0.1) is 17.7 Å². The predicted octanol–water partition coefficient (Wildman–Crippen LogP) is 6.28. The number of phosphoric ester groups is 1. The summed E-state index contributed by atoms with van der Waals surface area (Å²) >= 11 is 6.04. The fraction of sp³-hybridized carbons (Fsp3) is 0.419. The van der Waals surface area contributed by atoms with Crippen LogP contribution in [0.2, 0.25) is 5.02 Å². The molecule has 0 radical (unpaired) electrons. The van der Waals surface area contributed by atoms with Gasteiger partial charge >= 0.3 is 19.9 Å². The first-order valence-electron chi connectivity index (χ1n) is 14.6. The van der Waals surface area contributed by atoms with E-state index in [0.29, 0.717) is 24.1 Å². The van der Waals surface area contributed by atoms with E-state index in [2.05, 4.69) is 30.2 Å². The van der Waals surface area contributed by atoms with E-state index in [1.807, 2.05) is 30.3 Å². The summed E-state index contributed by atoms with van der Waals surface area (Å²) in [6.45, 7) is -0.00963. The van der Waals surface area contributed by atoms with Crippen LogP contribution in [-0.4, -0.2) is 81.7 Å². The fourth-order valence-electron chi connectivity index (χ4n) is 4.24. The number of carbonyl (C=O) groups is 3. The summed E-state index contributed by atoms with van der Waals surface area (Å²) in [6.07, 6.45) is 0.191. The normalized spacial score (nSPS) is 11.6. The quantitative estimate of drug-likeness (QED) is 0.101. The number of phosphoric acid groups is 1. The zero-order valence-electron chi connectivity index (χ0n) is 26.2. The highest BCUT2D eigenvalue weighted by Gasteiger charge is 2.24. The predicted molar refractivity (Wildman–Crippen MR) is 178 cm³/mol. The van der Waals surface area contributed by atoms with Gasteiger partial charge in [0.2, 0.25) is 11.8 Å². The Morgan fingerprint density at radius 3 is 2.48 bits per heavy atom. The number of amides is 4. The van der Waals surface area contributed by atoms with Gasteiger partial charge in [-0.2, -0.15) is 0 Å². The number of benzene rings is 2. The number of ether oxygens (including phenoxy) is 1. The number of rotatable bonds is 18.